The zero-order valence-corrected chi connectivity index (χ0v) is 11.7. The lowest BCUT2D eigenvalue weighted by atomic mass is 10.2. The van der Waals surface area contributed by atoms with Crippen LogP contribution in [0.25, 0.3) is 6.08 Å². The number of aryl methyl sites for hydroxylation is 2. The number of hydrogen-bond donors (Lipinski definition) is 0. The molecular formula is C12H19PSi. The first-order chi connectivity index (χ1) is 6.38. The SMILES string of the molecule is Cc1cpc(/C=C/[Si](C)(C)C)cc1C. The zero-order chi connectivity index (χ0) is 10.8. The molecule has 2 heteroatoms. The first-order valence-corrected chi connectivity index (χ1v) is 9.55. The predicted molar refractivity (Wildman–Crippen MR) is 70.8 cm³/mol. The lowest BCUT2D eigenvalue weighted by Crippen LogP contribution is -2.14. The molecular weight excluding hydrogens is 203 g/mol. The lowest BCUT2D eigenvalue weighted by molar-refractivity contribution is 1.37. The number of hydrogen-bond acceptors (Lipinski definition) is 0. The van der Waals surface area contributed by atoms with Crippen molar-refractivity contribution in [3.63, 3.8) is 0 Å². The van der Waals surface area contributed by atoms with E-state index >= 15 is 0 Å². The Morgan fingerprint density at radius 2 is 1.79 bits per heavy atom. The fourth-order valence-electron chi connectivity index (χ4n) is 1.07. The van der Waals surface area contributed by atoms with E-state index in [0.29, 0.717) is 0 Å². The molecule has 0 aliphatic rings. The molecule has 0 aromatic carbocycles. The van der Waals surface area contributed by atoms with Crippen LogP contribution in [0, 0.1) is 13.8 Å². The van der Waals surface area contributed by atoms with Crippen molar-refractivity contribution in [3.05, 3.63) is 34.0 Å². The molecule has 0 saturated carbocycles. The van der Waals surface area contributed by atoms with Crippen LogP contribution in [-0.2, 0) is 0 Å². The fourth-order valence-corrected chi connectivity index (χ4v) is 2.87. The molecule has 14 heavy (non-hydrogen) atoms. The zero-order valence-electron chi connectivity index (χ0n) is 9.76. The second kappa shape index (κ2) is 4.42. The first kappa shape index (κ1) is 11.7. The van der Waals surface area contributed by atoms with E-state index in [9.17, 15) is 0 Å². The molecule has 0 nitrogen and oxygen atoms in total. The Balaban J connectivity index is 2.89. The lowest BCUT2D eigenvalue weighted by Gasteiger charge is -2.08. The van der Waals surface area contributed by atoms with Gasteiger partial charge < -0.3 is 0 Å². The van der Waals surface area contributed by atoms with Crippen molar-refractivity contribution in [1.29, 1.82) is 0 Å². The van der Waals surface area contributed by atoms with Crippen LogP contribution in [0.3, 0.4) is 0 Å². The molecule has 0 unspecified atom stereocenters. The van der Waals surface area contributed by atoms with Gasteiger partial charge in [0.15, 0.2) is 0 Å². The van der Waals surface area contributed by atoms with Gasteiger partial charge in [-0.15, -0.1) is 0 Å². The van der Waals surface area contributed by atoms with E-state index in [0.717, 1.165) is 0 Å². The van der Waals surface area contributed by atoms with Crippen LogP contribution in [0.5, 0.6) is 0 Å². The average molecular weight is 222 g/mol. The normalized spacial score (nSPS) is 12.9. The second-order valence-corrected chi connectivity index (χ2v) is 11.0. The third-order valence-electron chi connectivity index (χ3n) is 2.15. The van der Waals surface area contributed by atoms with Gasteiger partial charge in [0.1, 0.15) is 0 Å². The van der Waals surface area contributed by atoms with Gasteiger partial charge in [-0.2, -0.15) is 0 Å². The summed E-state index contributed by atoms with van der Waals surface area (Å²) < 4.78 is 0. The van der Waals surface area contributed by atoms with Gasteiger partial charge in [0.25, 0.3) is 0 Å². The van der Waals surface area contributed by atoms with Crippen LogP contribution in [-0.4, -0.2) is 8.07 Å². The van der Waals surface area contributed by atoms with Gasteiger partial charge in [-0.3, -0.25) is 0 Å². The molecule has 0 N–H and O–H groups in total. The van der Waals surface area contributed by atoms with Gasteiger partial charge in [-0.25, -0.2) is 0 Å². The largest absolute Gasteiger partial charge is 0.0941 e. The summed E-state index contributed by atoms with van der Waals surface area (Å²) in [6.07, 6.45) is 2.31. The maximum atomic E-state index is 2.41. The van der Waals surface area contributed by atoms with Gasteiger partial charge in [-0.1, -0.05) is 39.6 Å². The van der Waals surface area contributed by atoms with E-state index in [-0.39, 0.29) is 0 Å². The van der Waals surface area contributed by atoms with Crippen molar-refractivity contribution in [2.75, 3.05) is 0 Å². The summed E-state index contributed by atoms with van der Waals surface area (Å²) >= 11 is 0. The molecule has 0 bridgehead atoms. The van der Waals surface area contributed by atoms with Crippen LogP contribution in [0.15, 0.2) is 17.6 Å². The molecule has 0 aliphatic heterocycles. The monoisotopic (exact) mass is 222 g/mol. The molecule has 0 aliphatic carbocycles. The highest BCUT2D eigenvalue weighted by Gasteiger charge is 2.06. The maximum Gasteiger partial charge on any atom is 0.0687 e. The highest BCUT2D eigenvalue weighted by molar-refractivity contribution is 7.30. The van der Waals surface area contributed by atoms with Crippen molar-refractivity contribution in [2.45, 2.75) is 33.5 Å². The van der Waals surface area contributed by atoms with Crippen LogP contribution in [0.4, 0.5) is 0 Å². The summed E-state index contributed by atoms with van der Waals surface area (Å²) in [6, 6.07) is 2.30. The molecule has 0 spiro atoms. The summed E-state index contributed by atoms with van der Waals surface area (Å²) in [5.74, 6) is 2.29. The summed E-state index contributed by atoms with van der Waals surface area (Å²) in [4.78, 5) is 0. The van der Waals surface area contributed by atoms with Crippen LogP contribution in [0.2, 0.25) is 19.6 Å². The van der Waals surface area contributed by atoms with Crippen molar-refractivity contribution in [3.8, 4) is 0 Å². The van der Waals surface area contributed by atoms with Gasteiger partial charge >= 0.3 is 0 Å². The van der Waals surface area contributed by atoms with E-state index in [1.165, 1.54) is 24.6 Å². The Kier molecular flexibility index (Phi) is 3.69. The molecule has 1 rings (SSSR count). The Morgan fingerprint density at radius 3 is 2.29 bits per heavy atom. The molecule has 76 valence electrons. The van der Waals surface area contributed by atoms with Crippen molar-refractivity contribution in [1.82, 2.24) is 0 Å². The summed E-state index contributed by atoms with van der Waals surface area (Å²) in [7, 11) is 0.308. The molecule has 1 aromatic rings. The quantitative estimate of drug-likeness (QED) is 0.632. The van der Waals surface area contributed by atoms with Gasteiger partial charge in [0.05, 0.1) is 8.07 Å². The second-order valence-electron chi connectivity index (χ2n) is 4.89. The molecule has 0 radical (unpaired) electrons. The Morgan fingerprint density at radius 1 is 1.14 bits per heavy atom. The highest BCUT2D eigenvalue weighted by atomic mass is 31.0. The minimum Gasteiger partial charge on any atom is -0.0941 e. The number of rotatable bonds is 2. The Labute approximate surface area is 90.2 Å². The van der Waals surface area contributed by atoms with E-state index in [4.69, 9.17) is 0 Å². The standard InChI is InChI=1S/C12H19PSi/c1-10-8-12(13-9-11(10)2)6-7-14(3,4)5/h6-9H,1-5H3/b7-6+. The molecule has 1 heterocycles. The van der Waals surface area contributed by atoms with Crippen LogP contribution < -0.4 is 0 Å². The minimum absolute atomic E-state index is 1.04. The van der Waals surface area contributed by atoms with Gasteiger partial charge in [0.2, 0.25) is 0 Å². The molecule has 0 fully saturated rings. The van der Waals surface area contributed by atoms with Crippen molar-refractivity contribution < 1.29 is 0 Å². The minimum atomic E-state index is -1.04. The van der Waals surface area contributed by atoms with Crippen LogP contribution >= 0.6 is 8.19 Å². The van der Waals surface area contributed by atoms with E-state index < -0.39 is 8.07 Å². The van der Waals surface area contributed by atoms with Crippen molar-refractivity contribution >= 4 is 22.3 Å². The first-order valence-electron chi connectivity index (χ1n) is 5.01. The molecule has 1 aromatic heterocycles. The summed E-state index contributed by atoms with van der Waals surface area (Å²) in [6.45, 7) is 11.4. The molecule has 0 saturated heterocycles. The highest BCUT2D eigenvalue weighted by Crippen LogP contribution is 2.21. The molecule has 0 amide bonds. The third kappa shape index (κ3) is 3.77. The predicted octanol–water partition coefficient (Wildman–Crippen LogP) is 4.77. The molecule has 0 atom stereocenters. The van der Waals surface area contributed by atoms with Crippen molar-refractivity contribution in [2.24, 2.45) is 0 Å². The Bertz CT molecular complexity index is 348. The smallest absolute Gasteiger partial charge is 0.0687 e. The van der Waals surface area contributed by atoms with Gasteiger partial charge in [-0.05, 0) is 36.8 Å². The summed E-state index contributed by atoms with van der Waals surface area (Å²) in [5.41, 5.74) is 5.23. The topological polar surface area (TPSA) is 0 Å². The van der Waals surface area contributed by atoms with E-state index in [1.807, 2.05) is 0 Å². The fraction of sp³-hybridized carbons (Fsp3) is 0.417. The van der Waals surface area contributed by atoms with Gasteiger partial charge in [0, 0.05) is 5.30 Å². The van der Waals surface area contributed by atoms with E-state index in [1.54, 1.807) is 0 Å². The third-order valence-corrected chi connectivity index (χ3v) is 4.41. The average Bonchev–Trinajstić information content (AvgIpc) is 2.06. The maximum absolute atomic E-state index is 2.41. The summed E-state index contributed by atoms with van der Waals surface area (Å²) in [5, 5.41) is 1.43. The van der Waals surface area contributed by atoms with E-state index in [2.05, 4.69) is 57.1 Å². The Hall–Kier alpha value is -0.393. The van der Waals surface area contributed by atoms with Crippen LogP contribution in [0.1, 0.15) is 16.4 Å².